The Balaban J connectivity index is 1.76. The zero-order valence-electron chi connectivity index (χ0n) is 11.2. The highest BCUT2D eigenvalue weighted by molar-refractivity contribution is 8.13. The minimum Gasteiger partial charge on any atom is -0.457 e. The predicted octanol–water partition coefficient (Wildman–Crippen LogP) is 3.80. The van der Waals surface area contributed by atoms with E-state index in [0.717, 1.165) is 11.4 Å². The van der Waals surface area contributed by atoms with Gasteiger partial charge in [0, 0.05) is 28.6 Å². The largest absolute Gasteiger partial charge is 0.457 e. The third-order valence-electron chi connectivity index (χ3n) is 2.97. The molecule has 22 heavy (non-hydrogen) atoms. The second-order valence-electron chi connectivity index (χ2n) is 4.47. The third-order valence-corrected chi connectivity index (χ3v) is 4.34. The maximum atomic E-state index is 11.2. The quantitative estimate of drug-likeness (QED) is 0.737. The van der Waals surface area contributed by atoms with Crippen LogP contribution in [0.1, 0.15) is 0 Å². The fraction of sp³-hybridized carbons (Fsp3) is 0. The lowest BCUT2D eigenvalue weighted by Crippen LogP contribution is -1.90. The van der Waals surface area contributed by atoms with Crippen LogP contribution in [0.15, 0.2) is 65.8 Å². The van der Waals surface area contributed by atoms with Crippen molar-refractivity contribution >= 4 is 19.7 Å². The number of imidazole rings is 1. The van der Waals surface area contributed by atoms with Gasteiger partial charge in [-0.25, -0.2) is 13.4 Å². The van der Waals surface area contributed by atoms with Crippen molar-refractivity contribution in [3.63, 3.8) is 0 Å². The van der Waals surface area contributed by atoms with Gasteiger partial charge in [-0.1, -0.05) is 0 Å². The first kappa shape index (κ1) is 14.6. The summed E-state index contributed by atoms with van der Waals surface area (Å²) < 4.78 is 28.0. The van der Waals surface area contributed by atoms with Crippen LogP contribution < -0.4 is 4.74 Å². The van der Waals surface area contributed by atoms with E-state index in [9.17, 15) is 8.42 Å². The zero-order valence-corrected chi connectivity index (χ0v) is 12.8. The van der Waals surface area contributed by atoms with E-state index in [1.807, 2.05) is 24.3 Å². The molecule has 0 aliphatic rings. The van der Waals surface area contributed by atoms with Crippen molar-refractivity contribution in [2.24, 2.45) is 0 Å². The summed E-state index contributed by atoms with van der Waals surface area (Å²) in [4.78, 5) is 7.23. The number of nitrogens with zero attached hydrogens (tertiary/aromatic N) is 1. The monoisotopic (exact) mass is 334 g/mol. The van der Waals surface area contributed by atoms with Crippen LogP contribution in [0.4, 0.5) is 0 Å². The van der Waals surface area contributed by atoms with Gasteiger partial charge in [0.25, 0.3) is 9.05 Å². The Morgan fingerprint density at radius 3 is 2.05 bits per heavy atom. The molecule has 7 heteroatoms. The number of nitrogens with one attached hydrogen (secondary N) is 1. The Morgan fingerprint density at radius 1 is 0.955 bits per heavy atom. The maximum absolute atomic E-state index is 11.2. The molecule has 0 radical (unpaired) electrons. The molecule has 0 aliphatic carbocycles. The first-order valence-corrected chi connectivity index (χ1v) is 8.66. The Morgan fingerprint density at radius 2 is 1.55 bits per heavy atom. The van der Waals surface area contributed by atoms with Crippen molar-refractivity contribution in [3.8, 4) is 22.9 Å². The summed E-state index contributed by atoms with van der Waals surface area (Å²) in [6.45, 7) is 0. The van der Waals surface area contributed by atoms with Crippen LogP contribution in [0, 0.1) is 0 Å². The highest BCUT2D eigenvalue weighted by Gasteiger charge is 2.09. The van der Waals surface area contributed by atoms with Gasteiger partial charge in [-0.05, 0) is 48.5 Å². The minimum atomic E-state index is -3.72. The fourth-order valence-electron chi connectivity index (χ4n) is 1.91. The van der Waals surface area contributed by atoms with Crippen LogP contribution in [0.25, 0.3) is 11.4 Å². The van der Waals surface area contributed by atoms with Gasteiger partial charge < -0.3 is 9.72 Å². The molecule has 0 atom stereocenters. The number of benzene rings is 2. The SMILES string of the molecule is O=S(=O)(Cl)c1ccc(Oc2ccc(-c3ncc[nH]3)cc2)cc1. The number of hydrogen-bond acceptors (Lipinski definition) is 4. The summed E-state index contributed by atoms with van der Waals surface area (Å²) in [5, 5.41) is 0. The van der Waals surface area contributed by atoms with Crippen LogP contribution in [-0.4, -0.2) is 18.4 Å². The number of hydrogen-bond donors (Lipinski definition) is 1. The van der Waals surface area contributed by atoms with E-state index in [4.69, 9.17) is 15.4 Å². The average molecular weight is 335 g/mol. The summed E-state index contributed by atoms with van der Waals surface area (Å²) in [6, 6.07) is 13.3. The predicted molar refractivity (Wildman–Crippen MR) is 83.6 cm³/mol. The van der Waals surface area contributed by atoms with Gasteiger partial charge in [0.2, 0.25) is 0 Å². The molecular formula is C15H11ClN2O3S. The average Bonchev–Trinajstić information content (AvgIpc) is 3.02. The molecule has 0 unspecified atom stereocenters. The van der Waals surface area contributed by atoms with Gasteiger partial charge in [0.15, 0.2) is 0 Å². The lowest BCUT2D eigenvalue weighted by atomic mass is 10.2. The molecule has 1 aromatic heterocycles. The molecule has 3 rings (SSSR count). The molecule has 0 aliphatic heterocycles. The second kappa shape index (κ2) is 5.82. The van der Waals surface area contributed by atoms with Crippen LogP contribution in [0.2, 0.25) is 0 Å². The van der Waals surface area contributed by atoms with Gasteiger partial charge >= 0.3 is 0 Å². The molecule has 0 spiro atoms. The molecular weight excluding hydrogens is 324 g/mol. The molecule has 1 heterocycles. The minimum absolute atomic E-state index is 0.0367. The number of H-pyrrole nitrogens is 1. The molecule has 1 N–H and O–H groups in total. The number of halogens is 1. The summed E-state index contributed by atoms with van der Waals surface area (Å²) in [5.74, 6) is 1.94. The summed E-state index contributed by atoms with van der Waals surface area (Å²) in [7, 11) is 1.54. The first-order chi connectivity index (χ1) is 10.5. The molecule has 0 fully saturated rings. The maximum Gasteiger partial charge on any atom is 0.261 e. The molecule has 5 nitrogen and oxygen atoms in total. The van der Waals surface area contributed by atoms with Gasteiger partial charge in [0.1, 0.15) is 17.3 Å². The Bertz CT molecular complexity index is 858. The van der Waals surface area contributed by atoms with E-state index < -0.39 is 9.05 Å². The van der Waals surface area contributed by atoms with Crippen LogP contribution in [0.5, 0.6) is 11.5 Å². The van der Waals surface area contributed by atoms with Gasteiger partial charge in [0.05, 0.1) is 4.90 Å². The normalized spacial score (nSPS) is 11.3. The van der Waals surface area contributed by atoms with Crippen LogP contribution >= 0.6 is 10.7 Å². The van der Waals surface area contributed by atoms with Crippen molar-refractivity contribution in [2.75, 3.05) is 0 Å². The molecule has 3 aromatic rings. The van der Waals surface area contributed by atoms with Crippen molar-refractivity contribution in [2.45, 2.75) is 4.90 Å². The second-order valence-corrected chi connectivity index (χ2v) is 7.04. The smallest absolute Gasteiger partial charge is 0.261 e. The summed E-state index contributed by atoms with van der Waals surface area (Å²) in [6.07, 6.45) is 3.44. The summed E-state index contributed by atoms with van der Waals surface area (Å²) >= 11 is 0. The number of aromatic nitrogens is 2. The van der Waals surface area contributed by atoms with E-state index in [-0.39, 0.29) is 4.90 Å². The number of rotatable bonds is 4. The lowest BCUT2D eigenvalue weighted by Gasteiger charge is -2.06. The fourth-order valence-corrected chi connectivity index (χ4v) is 2.68. The third kappa shape index (κ3) is 3.29. The molecule has 0 saturated carbocycles. The zero-order chi connectivity index (χ0) is 15.6. The topological polar surface area (TPSA) is 72.1 Å². The number of aromatic amines is 1. The molecule has 0 bridgehead atoms. The molecule has 0 amide bonds. The molecule has 0 saturated heterocycles. The Hall–Kier alpha value is -2.31. The Kier molecular flexibility index (Phi) is 3.87. The highest BCUT2D eigenvalue weighted by Crippen LogP contribution is 2.26. The molecule has 112 valence electrons. The molecule has 2 aromatic carbocycles. The van der Waals surface area contributed by atoms with Gasteiger partial charge in [-0.2, -0.15) is 0 Å². The van der Waals surface area contributed by atoms with E-state index in [1.165, 1.54) is 12.1 Å². The lowest BCUT2D eigenvalue weighted by molar-refractivity contribution is 0.482. The van der Waals surface area contributed by atoms with Crippen molar-refractivity contribution in [3.05, 3.63) is 60.9 Å². The van der Waals surface area contributed by atoms with E-state index in [2.05, 4.69) is 9.97 Å². The Labute approximate surface area is 132 Å². The van der Waals surface area contributed by atoms with E-state index >= 15 is 0 Å². The van der Waals surface area contributed by atoms with Crippen molar-refractivity contribution < 1.29 is 13.2 Å². The van der Waals surface area contributed by atoms with Crippen molar-refractivity contribution in [1.29, 1.82) is 0 Å². The van der Waals surface area contributed by atoms with E-state index in [0.29, 0.717) is 11.5 Å². The summed E-state index contributed by atoms with van der Waals surface area (Å²) in [5.41, 5.74) is 0.945. The highest BCUT2D eigenvalue weighted by atomic mass is 35.7. The van der Waals surface area contributed by atoms with Crippen molar-refractivity contribution in [1.82, 2.24) is 9.97 Å². The van der Waals surface area contributed by atoms with Gasteiger partial charge in [-0.15, -0.1) is 0 Å². The number of ether oxygens (including phenoxy) is 1. The van der Waals surface area contributed by atoms with Crippen LogP contribution in [0.3, 0.4) is 0 Å². The first-order valence-electron chi connectivity index (χ1n) is 6.35. The van der Waals surface area contributed by atoms with E-state index in [1.54, 1.807) is 24.5 Å². The van der Waals surface area contributed by atoms with Gasteiger partial charge in [-0.3, -0.25) is 0 Å². The van der Waals surface area contributed by atoms with Crippen LogP contribution in [-0.2, 0) is 9.05 Å². The standard InChI is InChI=1S/C15H11ClN2O3S/c16-22(19,20)14-7-5-13(6-8-14)21-12-3-1-11(2-4-12)15-17-9-10-18-15/h1-10H,(H,17,18).